The summed E-state index contributed by atoms with van der Waals surface area (Å²) in [5, 5.41) is 0. The average molecular weight is 925 g/mol. The Labute approximate surface area is 411 Å². The summed E-state index contributed by atoms with van der Waals surface area (Å²) in [5.41, 5.74) is 0. The third kappa shape index (κ3) is 52.4. The van der Waals surface area contributed by atoms with Gasteiger partial charge in [-0.1, -0.05) is 219 Å². The van der Waals surface area contributed by atoms with Crippen LogP contribution in [0.15, 0.2) is 134 Å². The minimum Gasteiger partial charge on any atom is -0.462 e. The predicted octanol–water partition coefficient (Wildman–Crippen LogP) is 17.9. The summed E-state index contributed by atoms with van der Waals surface area (Å²) in [4.78, 5) is 38.1. The van der Waals surface area contributed by atoms with E-state index in [0.717, 1.165) is 116 Å². The van der Waals surface area contributed by atoms with Gasteiger partial charge >= 0.3 is 17.9 Å². The molecule has 0 aromatic carbocycles. The van der Waals surface area contributed by atoms with E-state index in [0.29, 0.717) is 19.3 Å². The molecule has 0 aromatic rings. The Morgan fingerprint density at radius 1 is 0.328 bits per heavy atom. The van der Waals surface area contributed by atoms with Crippen LogP contribution in [0.1, 0.15) is 213 Å². The van der Waals surface area contributed by atoms with Gasteiger partial charge in [0.25, 0.3) is 0 Å². The van der Waals surface area contributed by atoms with Crippen molar-refractivity contribution in [1.29, 1.82) is 0 Å². The van der Waals surface area contributed by atoms with Crippen LogP contribution < -0.4 is 0 Å². The zero-order valence-electron chi connectivity index (χ0n) is 42.9. The van der Waals surface area contributed by atoms with E-state index in [1.54, 1.807) is 0 Å². The molecule has 67 heavy (non-hydrogen) atoms. The first kappa shape index (κ1) is 62.5. The number of hydrogen-bond acceptors (Lipinski definition) is 6. The van der Waals surface area contributed by atoms with Crippen LogP contribution in [0.2, 0.25) is 0 Å². The first-order chi connectivity index (χ1) is 33.0. The molecule has 0 heterocycles. The molecule has 0 spiro atoms. The van der Waals surface area contributed by atoms with Crippen LogP contribution in [0.3, 0.4) is 0 Å². The third-order valence-corrected chi connectivity index (χ3v) is 10.7. The standard InChI is InChI=1S/C61H96O6/c1-4-7-10-13-16-19-22-25-28-30-33-36-39-42-45-48-51-54-60(63)66-57-58(56-65-59(62)53-50-47-44-41-38-35-32-27-24-21-18-15-12-9-6-3)67-61(64)55-52-49-46-43-40-37-34-31-29-26-23-20-17-14-11-8-5-2/h7,9-10,12,15-21,24-29,32-33,36,42,45,58H,4-6,8,11,13-14,22-23,30-31,34-35,37-41,43-44,46-57H2,1-3H3/b10-7-,12-9-,18-15-,19-16-,20-17-,24-21-,28-25-,29-26-,32-27-,36-33-,45-42-. The molecule has 1 atom stereocenters. The number of hydrogen-bond donors (Lipinski definition) is 0. The van der Waals surface area contributed by atoms with Crippen LogP contribution in [-0.2, 0) is 28.6 Å². The molecular weight excluding hydrogens is 829 g/mol. The van der Waals surface area contributed by atoms with Crippen LogP contribution in [0, 0.1) is 0 Å². The van der Waals surface area contributed by atoms with E-state index >= 15 is 0 Å². The smallest absolute Gasteiger partial charge is 0.306 e. The molecule has 0 aliphatic rings. The topological polar surface area (TPSA) is 78.9 Å². The van der Waals surface area contributed by atoms with Gasteiger partial charge in [0.05, 0.1) is 0 Å². The zero-order valence-corrected chi connectivity index (χ0v) is 42.9. The summed E-state index contributed by atoms with van der Waals surface area (Å²) in [5.74, 6) is -1.01. The summed E-state index contributed by atoms with van der Waals surface area (Å²) < 4.78 is 16.8. The number of carbonyl (C=O) groups is 3. The fraction of sp³-hybridized carbons (Fsp3) is 0.590. The molecule has 0 radical (unpaired) electrons. The van der Waals surface area contributed by atoms with Gasteiger partial charge in [-0.2, -0.15) is 0 Å². The highest BCUT2D eigenvalue weighted by Gasteiger charge is 2.19. The highest BCUT2D eigenvalue weighted by atomic mass is 16.6. The second-order valence-corrected chi connectivity index (χ2v) is 17.1. The predicted molar refractivity (Wildman–Crippen MR) is 288 cm³/mol. The SMILES string of the molecule is CC\C=C/C=C\C=C/C=C\CCCCCCCC(=O)OCC(COC(=O)CCC/C=C\C/C=C\C/C=C\C/C=C\C/C=C\CC)OC(=O)CCCCCCCCC/C=C\C/C=C\CCCCC. The minimum absolute atomic E-state index is 0.116. The van der Waals surface area contributed by atoms with Crippen LogP contribution >= 0.6 is 0 Å². The van der Waals surface area contributed by atoms with Crippen molar-refractivity contribution in [3.05, 3.63) is 134 Å². The summed E-state index contributed by atoms with van der Waals surface area (Å²) in [6.45, 7) is 6.27. The molecule has 0 rings (SSSR count). The monoisotopic (exact) mass is 925 g/mol. The number of rotatable bonds is 46. The molecule has 0 aliphatic heterocycles. The molecule has 0 amide bonds. The Morgan fingerprint density at radius 3 is 1.15 bits per heavy atom. The summed E-state index contributed by atoms with van der Waals surface area (Å²) in [7, 11) is 0. The molecule has 376 valence electrons. The molecular formula is C61H96O6. The van der Waals surface area contributed by atoms with E-state index in [2.05, 4.69) is 130 Å². The van der Waals surface area contributed by atoms with E-state index in [1.165, 1.54) is 51.4 Å². The van der Waals surface area contributed by atoms with Gasteiger partial charge < -0.3 is 14.2 Å². The molecule has 0 saturated heterocycles. The third-order valence-electron chi connectivity index (χ3n) is 10.7. The van der Waals surface area contributed by atoms with E-state index in [-0.39, 0.29) is 37.5 Å². The van der Waals surface area contributed by atoms with Crippen molar-refractivity contribution in [2.75, 3.05) is 13.2 Å². The van der Waals surface area contributed by atoms with E-state index in [4.69, 9.17) is 14.2 Å². The van der Waals surface area contributed by atoms with Gasteiger partial charge in [0.1, 0.15) is 13.2 Å². The average Bonchev–Trinajstić information content (AvgIpc) is 3.33. The summed E-state index contributed by atoms with van der Waals surface area (Å²) >= 11 is 0. The van der Waals surface area contributed by atoms with E-state index in [1.807, 2.05) is 24.3 Å². The Hall–Kier alpha value is -4.45. The Balaban J connectivity index is 4.56. The van der Waals surface area contributed by atoms with Gasteiger partial charge in [-0.15, -0.1) is 0 Å². The van der Waals surface area contributed by atoms with E-state index in [9.17, 15) is 14.4 Å². The van der Waals surface area contributed by atoms with Crippen LogP contribution in [0.25, 0.3) is 0 Å². The first-order valence-corrected chi connectivity index (χ1v) is 26.7. The van der Waals surface area contributed by atoms with Crippen molar-refractivity contribution in [2.24, 2.45) is 0 Å². The van der Waals surface area contributed by atoms with Crippen LogP contribution in [-0.4, -0.2) is 37.2 Å². The number of unbranched alkanes of at least 4 members (excludes halogenated alkanes) is 16. The molecule has 6 heteroatoms. The fourth-order valence-electron chi connectivity index (χ4n) is 6.75. The van der Waals surface area contributed by atoms with Crippen molar-refractivity contribution in [2.45, 2.75) is 219 Å². The molecule has 0 N–H and O–H groups in total. The van der Waals surface area contributed by atoms with Gasteiger partial charge in [-0.05, 0) is 109 Å². The van der Waals surface area contributed by atoms with Crippen molar-refractivity contribution >= 4 is 17.9 Å². The number of carbonyl (C=O) groups excluding carboxylic acids is 3. The van der Waals surface area contributed by atoms with Crippen LogP contribution in [0.4, 0.5) is 0 Å². The minimum atomic E-state index is -0.820. The molecule has 0 aliphatic carbocycles. The number of ether oxygens (including phenoxy) is 3. The second kappa shape index (κ2) is 54.2. The lowest BCUT2D eigenvalue weighted by molar-refractivity contribution is -0.167. The lowest BCUT2D eigenvalue weighted by Crippen LogP contribution is -2.30. The highest BCUT2D eigenvalue weighted by molar-refractivity contribution is 5.71. The van der Waals surface area contributed by atoms with Gasteiger partial charge in [0, 0.05) is 19.3 Å². The molecule has 0 aromatic heterocycles. The Bertz CT molecular complexity index is 1480. The summed E-state index contributed by atoms with van der Waals surface area (Å²) in [6, 6.07) is 0. The fourth-order valence-corrected chi connectivity index (χ4v) is 6.75. The van der Waals surface area contributed by atoms with Crippen molar-refractivity contribution in [3.8, 4) is 0 Å². The maximum Gasteiger partial charge on any atom is 0.306 e. The van der Waals surface area contributed by atoms with Crippen molar-refractivity contribution in [3.63, 3.8) is 0 Å². The first-order valence-electron chi connectivity index (χ1n) is 26.7. The molecule has 6 nitrogen and oxygen atoms in total. The largest absolute Gasteiger partial charge is 0.462 e. The van der Waals surface area contributed by atoms with Crippen LogP contribution in [0.5, 0.6) is 0 Å². The molecule has 0 bridgehead atoms. The normalized spacial score (nSPS) is 13.2. The number of esters is 3. The maximum atomic E-state index is 12.8. The molecule has 1 unspecified atom stereocenters. The number of allylic oxidation sites excluding steroid dienone is 22. The van der Waals surface area contributed by atoms with Gasteiger partial charge in [0.15, 0.2) is 6.10 Å². The van der Waals surface area contributed by atoms with Gasteiger partial charge in [-0.3, -0.25) is 14.4 Å². The van der Waals surface area contributed by atoms with Crippen molar-refractivity contribution < 1.29 is 28.6 Å². The summed E-state index contributed by atoms with van der Waals surface area (Å²) in [6.07, 6.45) is 75.8. The highest BCUT2D eigenvalue weighted by Crippen LogP contribution is 2.13. The van der Waals surface area contributed by atoms with Gasteiger partial charge in [0.2, 0.25) is 0 Å². The maximum absolute atomic E-state index is 12.8. The van der Waals surface area contributed by atoms with E-state index < -0.39 is 6.10 Å². The Kier molecular flexibility index (Phi) is 50.6. The van der Waals surface area contributed by atoms with Crippen molar-refractivity contribution in [1.82, 2.24) is 0 Å². The Morgan fingerprint density at radius 2 is 0.672 bits per heavy atom. The second-order valence-electron chi connectivity index (χ2n) is 17.1. The molecule has 0 saturated carbocycles. The van der Waals surface area contributed by atoms with Gasteiger partial charge in [-0.25, -0.2) is 0 Å². The lowest BCUT2D eigenvalue weighted by atomic mass is 10.1. The quantitative estimate of drug-likeness (QED) is 0.0199. The molecule has 0 fully saturated rings. The zero-order chi connectivity index (χ0) is 48.6. The lowest BCUT2D eigenvalue weighted by Gasteiger charge is -2.18.